The number of halogens is 1. The van der Waals surface area contributed by atoms with Gasteiger partial charge in [0, 0.05) is 25.0 Å². The summed E-state index contributed by atoms with van der Waals surface area (Å²) in [5, 5.41) is 2.97. The summed E-state index contributed by atoms with van der Waals surface area (Å²) in [4.78, 5) is 24.6. The maximum absolute atomic E-state index is 13.4. The molecule has 0 radical (unpaired) electrons. The second-order valence-electron chi connectivity index (χ2n) is 6.86. The second-order valence-corrected chi connectivity index (χ2v) is 6.86. The van der Waals surface area contributed by atoms with E-state index in [4.69, 9.17) is 9.47 Å². The van der Waals surface area contributed by atoms with Gasteiger partial charge in [-0.2, -0.15) is 0 Å². The summed E-state index contributed by atoms with van der Waals surface area (Å²) in [5.74, 6) is -0.865. The zero-order valence-corrected chi connectivity index (χ0v) is 16.3. The van der Waals surface area contributed by atoms with Crippen LogP contribution >= 0.6 is 0 Å². The number of carbonyl (C=O) groups excluding carboxylic acids is 2. The summed E-state index contributed by atoms with van der Waals surface area (Å²) >= 11 is 0. The summed E-state index contributed by atoms with van der Waals surface area (Å²) < 4.78 is 23.7. The third kappa shape index (κ3) is 5.09. The van der Waals surface area contributed by atoms with Gasteiger partial charge in [-0.25, -0.2) is 9.18 Å². The maximum Gasteiger partial charge on any atom is 0.330 e. The number of nitrogens with one attached hydrogen (secondary N) is 1. The average Bonchev–Trinajstić information content (AvgIpc) is 2.74. The molecule has 1 aliphatic rings. The Labute approximate surface area is 169 Å². The summed E-state index contributed by atoms with van der Waals surface area (Å²) in [6.45, 7) is 3.03. The number of amides is 1. The number of hydrogen-bond acceptors (Lipinski definition) is 4. The molecule has 1 aliphatic heterocycles. The van der Waals surface area contributed by atoms with Crippen molar-refractivity contribution in [3.05, 3.63) is 71.6 Å². The molecule has 0 aliphatic carbocycles. The normalized spacial score (nSPS) is 15.8. The number of rotatable bonds is 6. The topological polar surface area (TPSA) is 64.6 Å². The van der Waals surface area contributed by atoms with Crippen LogP contribution in [0.4, 0.5) is 10.1 Å². The lowest BCUT2D eigenvalue weighted by atomic mass is 9.73. The van der Waals surface area contributed by atoms with Crippen LogP contribution in [0.15, 0.2) is 54.6 Å². The van der Waals surface area contributed by atoms with Crippen LogP contribution in [-0.4, -0.2) is 31.7 Å². The molecule has 1 fully saturated rings. The lowest BCUT2D eigenvalue weighted by molar-refractivity contribution is -0.137. The molecule has 1 saturated heterocycles. The molecule has 29 heavy (non-hydrogen) atoms. The van der Waals surface area contributed by atoms with Crippen LogP contribution in [0.2, 0.25) is 0 Å². The van der Waals surface area contributed by atoms with Crippen molar-refractivity contribution in [3.8, 4) is 0 Å². The number of carbonyl (C=O) groups is 2. The van der Waals surface area contributed by atoms with Gasteiger partial charge in [-0.05, 0) is 61.2 Å². The molecule has 6 heteroatoms. The molecular formula is C23H24FNO4. The Hall–Kier alpha value is -2.99. The zero-order valence-electron chi connectivity index (χ0n) is 16.3. The highest BCUT2D eigenvalue weighted by Crippen LogP contribution is 2.36. The molecule has 2 aromatic rings. The Balaban J connectivity index is 1.74. The third-order valence-corrected chi connectivity index (χ3v) is 5.04. The van der Waals surface area contributed by atoms with Gasteiger partial charge in [0.1, 0.15) is 5.82 Å². The number of hydrogen-bond donors (Lipinski definition) is 1. The summed E-state index contributed by atoms with van der Waals surface area (Å²) in [7, 11) is 0. The summed E-state index contributed by atoms with van der Waals surface area (Å²) in [6, 6.07) is 13.3. The van der Waals surface area contributed by atoms with Gasteiger partial charge in [0.15, 0.2) is 0 Å². The SMILES string of the molecule is CCOC(=O)/C=C/c1ccc(NC(=O)C2(c3ccc(F)cc3)CCOCC2)cc1. The van der Waals surface area contributed by atoms with Crippen LogP contribution in [-0.2, 0) is 24.5 Å². The molecule has 1 amide bonds. The van der Waals surface area contributed by atoms with E-state index in [9.17, 15) is 14.0 Å². The van der Waals surface area contributed by atoms with Crippen molar-refractivity contribution in [3.63, 3.8) is 0 Å². The first kappa shape index (κ1) is 20.7. The minimum Gasteiger partial charge on any atom is -0.463 e. The molecule has 0 atom stereocenters. The van der Waals surface area contributed by atoms with Crippen molar-refractivity contribution >= 4 is 23.6 Å². The number of benzene rings is 2. The van der Waals surface area contributed by atoms with Gasteiger partial charge in [-0.15, -0.1) is 0 Å². The van der Waals surface area contributed by atoms with Crippen molar-refractivity contribution < 1.29 is 23.5 Å². The van der Waals surface area contributed by atoms with Gasteiger partial charge >= 0.3 is 5.97 Å². The van der Waals surface area contributed by atoms with Crippen molar-refractivity contribution in [2.24, 2.45) is 0 Å². The fraction of sp³-hybridized carbons (Fsp3) is 0.304. The van der Waals surface area contributed by atoms with Gasteiger partial charge in [0.25, 0.3) is 0 Å². The van der Waals surface area contributed by atoms with E-state index in [0.29, 0.717) is 38.3 Å². The molecule has 0 aromatic heterocycles. The fourth-order valence-electron chi connectivity index (χ4n) is 3.42. The molecule has 5 nitrogen and oxygen atoms in total. The Morgan fingerprint density at radius 2 is 1.76 bits per heavy atom. The van der Waals surface area contributed by atoms with Crippen molar-refractivity contribution in [1.82, 2.24) is 0 Å². The number of anilines is 1. The standard InChI is InChI=1S/C23H24FNO4/c1-2-29-21(26)12-5-17-3-10-20(11-4-17)25-22(27)23(13-15-28-16-14-23)18-6-8-19(24)9-7-18/h3-12H,2,13-16H2,1H3,(H,25,27)/b12-5+. The van der Waals surface area contributed by atoms with Crippen molar-refractivity contribution in [1.29, 1.82) is 0 Å². The summed E-state index contributed by atoms with van der Waals surface area (Å²) in [5.41, 5.74) is 1.49. The van der Waals surface area contributed by atoms with E-state index in [1.165, 1.54) is 18.2 Å². The van der Waals surface area contributed by atoms with Gasteiger partial charge < -0.3 is 14.8 Å². The first-order valence-corrected chi connectivity index (χ1v) is 9.64. The van der Waals surface area contributed by atoms with E-state index in [0.717, 1.165) is 11.1 Å². The molecular weight excluding hydrogens is 373 g/mol. The maximum atomic E-state index is 13.4. The predicted molar refractivity (Wildman–Crippen MR) is 109 cm³/mol. The Morgan fingerprint density at radius 1 is 1.10 bits per heavy atom. The van der Waals surface area contributed by atoms with E-state index in [1.807, 2.05) is 0 Å². The van der Waals surface area contributed by atoms with Crippen LogP contribution in [0.1, 0.15) is 30.9 Å². The molecule has 1 N–H and O–H groups in total. The molecule has 3 rings (SSSR count). The summed E-state index contributed by atoms with van der Waals surface area (Å²) in [6.07, 6.45) is 4.08. The highest BCUT2D eigenvalue weighted by molar-refractivity contribution is 5.99. The van der Waals surface area contributed by atoms with Crippen LogP contribution in [0.5, 0.6) is 0 Å². The van der Waals surface area contributed by atoms with Gasteiger partial charge in [0.05, 0.1) is 12.0 Å². The van der Waals surface area contributed by atoms with Gasteiger partial charge in [-0.1, -0.05) is 24.3 Å². The lowest BCUT2D eigenvalue weighted by Crippen LogP contribution is -2.44. The van der Waals surface area contributed by atoms with E-state index < -0.39 is 11.4 Å². The van der Waals surface area contributed by atoms with Gasteiger partial charge in [0.2, 0.25) is 5.91 Å². The van der Waals surface area contributed by atoms with Crippen LogP contribution in [0, 0.1) is 5.82 Å². The first-order valence-electron chi connectivity index (χ1n) is 9.64. The Kier molecular flexibility index (Phi) is 6.77. The van der Waals surface area contributed by atoms with Crippen LogP contribution < -0.4 is 5.32 Å². The third-order valence-electron chi connectivity index (χ3n) is 5.04. The van der Waals surface area contributed by atoms with Crippen molar-refractivity contribution in [2.75, 3.05) is 25.1 Å². The smallest absolute Gasteiger partial charge is 0.330 e. The average molecular weight is 397 g/mol. The van der Waals surface area contributed by atoms with Crippen LogP contribution in [0.25, 0.3) is 6.08 Å². The highest BCUT2D eigenvalue weighted by atomic mass is 19.1. The largest absolute Gasteiger partial charge is 0.463 e. The minimum atomic E-state index is -0.756. The fourth-order valence-corrected chi connectivity index (χ4v) is 3.42. The van der Waals surface area contributed by atoms with E-state index in [-0.39, 0.29) is 11.7 Å². The highest BCUT2D eigenvalue weighted by Gasteiger charge is 2.41. The lowest BCUT2D eigenvalue weighted by Gasteiger charge is -2.36. The Bertz CT molecular complexity index is 869. The van der Waals surface area contributed by atoms with Gasteiger partial charge in [-0.3, -0.25) is 4.79 Å². The molecule has 0 saturated carbocycles. The van der Waals surface area contributed by atoms with Crippen molar-refractivity contribution in [2.45, 2.75) is 25.2 Å². The van der Waals surface area contributed by atoms with Crippen LogP contribution in [0.3, 0.4) is 0 Å². The number of esters is 1. The Morgan fingerprint density at radius 3 is 2.38 bits per heavy atom. The number of ether oxygens (including phenoxy) is 2. The minimum absolute atomic E-state index is 0.137. The van der Waals surface area contributed by atoms with E-state index >= 15 is 0 Å². The molecule has 2 aromatic carbocycles. The molecule has 0 bridgehead atoms. The molecule has 0 unspecified atom stereocenters. The zero-order chi connectivity index (χ0) is 20.7. The molecule has 0 spiro atoms. The predicted octanol–water partition coefficient (Wildman–Crippen LogP) is 4.09. The molecule has 1 heterocycles. The van der Waals surface area contributed by atoms with E-state index in [2.05, 4.69) is 5.32 Å². The van der Waals surface area contributed by atoms with E-state index in [1.54, 1.807) is 49.4 Å². The monoisotopic (exact) mass is 397 g/mol. The second kappa shape index (κ2) is 9.47. The quantitative estimate of drug-likeness (QED) is 0.589. The molecule has 152 valence electrons. The first-order chi connectivity index (χ1) is 14.0.